The summed E-state index contributed by atoms with van der Waals surface area (Å²) >= 11 is 0. The van der Waals surface area contributed by atoms with Gasteiger partial charge < -0.3 is 20.5 Å². The number of nitrogens with one attached hydrogen (secondary N) is 1. The lowest BCUT2D eigenvalue weighted by molar-refractivity contribution is -0.122. The van der Waals surface area contributed by atoms with E-state index in [2.05, 4.69) is 5.32 Å². The molecule has 1 heterocycles. The van der Waals surface area contributed by atoms with E-state index < -0.39 is 5.54 Å². The van der Waals surface area contributed by atoms with Crippen molar-refractivity contribution in [1.82, 2.24) is 5.32 Å². The van der Waals surface area contributed by atoms with Gasteiger partial charge in [0.25, 0.3) is 0 Å². The van der Waals surface area contributed by atoms with Crippen LogP contribution in [0.25, 0.3) is 0 Å². The highest BCUT2D eigenvalue weighted by molar-refractivity contribution is 5.77. The minimum Gasteiger partial charge on any atom is -0.486 e. The van der Waals surface area contributed by atoms with Crippen molar-refractivity contribution >= 4 is 5.91 Å². The van der Waals surface area contributed by atoms with Crippen LogP contribution >= 0.6 is 0 Å². The Morgan fingerprint density at radius 1 is 1.32 bits per heavy atom. The molecule has 0 unspecified atom stereocenters. The molecule has 3 N–H and O–H groups in total. The van der Waals surface area contributed by atoms with E-state index in [9.17, 15) is 4.79 Å². The number of nitrogens with two attached hydrogens (primary N) is 1. The third kappa shape index (κ3) is 4.13. The average Bonchev–Trinajstić information content (AvgIpc) is 2.34. The van der Waals surface area contributed by atoms with Crippen molar-refractivity contribution < 1.29 is 14.3 Å². The van der Waals surface area contributed by atoms with Crippen molar-refractivity contribution in [2.75, 3.05) is 13.2 Å². The predicted molar refractivity (Wildman–Crippen MR) is 72.2 cm³/mol. The van der Waals surface area contributed by atoms with E-state index >= 15 is 0 Å². The molecule has 1 aliphatic heterocycles. The molecule has 0 aliphatic carbocycles. The molecule has 0 bridgehead atoms. The smallest absolute Gasteiger partial charge is 0.222 e. The summed E-state index contributed by atoms with van der Waals surface area (Å²) in [5.41, 5.74) is 6.29. The minimum atomic E-state index is -0.489. The monoisotopic (exact) mass is 264 g/mol. The number of carbonyl (C=O) groups excluding carboxylic acids is 1. The molecule has 5 nitrogen and oxygen atoms in total. The second-order valence-corrected chi connectivity index (χ2v) is 5.42. The molecule has 0 saturated carbocycles. The number of carbonyl (C=O) groups is 1. The summed E-state index contributed by atoms with van der Waals surface area (Å²) in [6.07, 6.45) is 0.303. The number of fused-ring (bicyclic) bond motifs is 1. The zero-order valence-electron chi connectivity index (χ0n) is 11.4. The molecular formula is C14H20N2O3. The Hall–Kier alpha value is -1.75. The number of benzene rings is 1. The van der Waals surface area contributed by atoms with Gasteiger partial charge in [-0.15, -0.1) is 0 Å². The van der Waals surface area contributed by atoms with Crippen LogP contribution in [0.3, 0.4) is 0 Å². The zero-order chi connectivity index (χ0) is 13.9. The molecular weight excluding hydrogens is 244 g/mol. The summed E-state index contributed by atoms with van der Waals surface area (Å²) in [6.45, 7) is 5.26. The lowest BCUT2D eigenvalue weighted by atomic mass is 10.0. The van der Waals surface area contributed by atoms with E-state index in [1.807, 2.05) is 32.0 Å². The van der Waals surface area contributed by atoms with Crippen molar-refractivity contribution in [3.8, 4) is 11.5 Å². The van der Waals surface area contributed by atoms with Gasteiger partial charge in [-0.25, -0.2) is 0 Å². The number of ether oxygens (including phenoxy) is 2. The Morgan fingerprint density at radius 3 is 2.68 bits per heavy atom. The summed E-state index contributed by atoms with van der Waals surface area (Å²) in [7, 11) is 0. The number of rotatable bonds is 4. The molecule has 104 valence electrons. The molecule has 1 amide bonds. The molecule has 1 aliphatic rings. The molecule has 19 heavy (non-hydrogen) atoms. The van der Waals surface area contributed by atoms with Crippen molar-refractivity contribution in [2.24, 2.45) is 5.73 Å². The summed E-state index contributed by atoms with van der Waals surface area (Å²) in [6, 6.07) is 5.67. The Morgan fingerprint density at radius 2 is 2.00 bits per heavy atom. The van der Waals surface area contributed by atoms with Crippen molar-refractivity contribution in [3.05, 3.63) is 23.8 Å². The molecule has 5 heteroatoms. The van der Waals surface area contributed by atoms with Crippen LogP contribution in [0.4, 0.5) is 0 Å². The molecule has 2 rings (SSSR count). The van der Waals surface area contributed by atoms with E-state index in [0.717, 1.165) is 17.1 Å². The van der Waals surface area contributed by atoms with Crippen molar-refractivity contribution in [2.45, 2.75) is 32.4 Å². The fourth-order valence-corrected chi connectivity index (χ4v) is 1.87. The molecule has 1 aromatic rings. The standard InChI is InChI=1S/C14H20N2O3/c1-14(2,15)8-13(17)16-9-10-3-4-11-12(7-10)19-6-5-18-11/h3-4,7H,5-6,8-9,15H2,1-2H3,(H,16,17). The fourth-order valence-electron chi connectivity index (χ4n) is 1.87. The largest absolute Gasteiger partial charge is 0.486 e. The topological polar surface area (TPSA) is 73.6 Å². The van der Waals surface area contributed by atoms with Gasteiger partial charge in [-0.2, -0.15) is 0 Å². The molecule has 0 spiro atoms. The first-order valence-electron chi connectivity index (χ1n) is 6.38. The van der Waals surface area contributed by atoms with E-state index in [0.29, 0.717) is 26.2 Å². The fraction of sp³-hybridized carbons (Fsp3) is 0.500. The first-order chi connectivity index (χ1) is 8.94. The third-order valence-corrected chi connectivity index (χ3v) is 2.71. The molecule has 0 saturated heterocycles. The van der Waals surface area contributed by atoms with Gasteiger partial charge in [0.15, 0.2) is 11.5 Å². The quantitative estimate of drug-likeness (QED) is 0.857. The van der Waals surface area contributed by atoms with Gasteiger partial charge in [-0.05, 0) is 31.5 Å². The Kier molecular flexibility index (Phi) is 3.95. The Labute approximate surface area is 113 Å². The van der Waals surface area contributed by atoms with Gasteiger partial charge in [0.1, 0.15) is 13.2 Å². The van der Waals surface area contributed by atoms with Crippen LogP contribution in [0.5, 0.6) is 11.5 Å². The maximum absolute atomic E-state index is 11.7. The van der Waals surface area contributed by atoms with Crippen molar-refractivity contribution in [1.29, 1.82) is 0 Å². The van der Waals surface area contributed by atoms with Crippen LogP contribution in [-0.2, 0) is 11.3 Å². The SMILES string of the molecule is CC(C)(N)CC(=O)NCc1ccc2c(c1)OCCO2. The van der Waals surface area contributed by atoms with Crippen LogP contribution < -0.4 is 20.5 Å². The second-order valence-electron chi connectivity index (χ2n) is 5.42. The maximum Gasteiger partial charge on any atom is 0.222 e. The summed E-state index contributed by atoms with van der Waals surface area (Å²) in [5, 5.41) is 2.85. The summed E-state index contributed by atoms with van der Waals surface area (Å²) in [4.78, 5) is 11.7. The van der Waals surface area contributed by atoms with Gasteiger partial charge in [0.05, 0.1) is 0 Å². The van der Waals surface area contributed by atoms with Gasteiger partial charge in [0, 0.05) is 18.5 Å². The van der Waals surface area contributed by atoms with Crippen LogP contribution in [0.2, 0.25) is 0 Å². The van der Waals surface area contributed by atoms with Gasteiger partial charge in [0.2, 0.25) is 5.91 Å². The normalized spacial score (nSPS) is 14.1. The molecule has 1 aromatic carbocycles. The van der Waals surface area contributed by atoms with Gasteiger partial charge in [-0.3, -0.25) is 4.79 Å². The lowest BCUT2D eigenvalue weighted by Gasteiger charge is -2.19. The second kappa shape index (κ2) is 5.48. The maximum atomic E-state index is 11.7. The Balaban J connectivity index is 1.91. The first-order valence-corrected chi connectivity index (χ1v) is 6.38. The van der Waals surface area contributed by atoms with Crippen LogP contribution in [0.1, 0.15) is 25.8 Å². The molecule has 0 atom stereocenters. The van der Waals surface area contributed by atoms with E-state index in [-0.39, 0.29) is 5.91 Å². The first kappa shape index (κ1) is 13.7. The average molecular weight is 264 g/mol. The minimum absolute atomic E-state index is 0.0533. The number of amides is 1. The Bertz CT molecular complexity index is 466. The summed E-state index contributed by atoms with van der Waals surface area (Å²) < 4.78 is 10.9. The lowest BCUT2D eigenvalue weighted by Crippen LogP contribution is -2.38. The van der Waals surface area contributed by atoms with Crippen molar-refractivity contribution in [3.63, 3.8) is 0 Å². The number of hydrogen-bond donors (Lipinski definition) is 2. The summed E-state index contributed by atoms with van der Waals surface area (Å²) in [5.74, 6) is 1.43. The zero-order valence-corrected chi connectivity index (χ0v) is 11.4. The highest BCUT2D eigenvalue weighted by atomic mass is 16.6. The highest BCUT2D eigenvalue weighted by Crippen LogP contribution is 2.30. The van der Waals surface area contributed by atoms with E-state index in [4.69, 9.17) is 15.2 Å². The predicted octanol–water partition coefficient (Wildman–Crippen LogP) is 1.20. The van der Waals surface area contributed by atoms with Crippen LogP contribution in [0, 0.1) is 0 Å². The molecule has 0 radical (unpaired) electrons. The van der Waals surface area contributed by atoms with E-state index in [1.54, 1.807) is 0 Å². The third-order valence-electron chi connectivity index (χ3n) is 2.71. The highest BCUT2D eigenvalue weighted by Gasteiger charge is 2.16. The van der Waals surface area contributed by atoms with Gasteiger partial charge >= 0.3 is 0 Å². The molecule has 0 fully saturated rings. The van der Waals surface area contributed by atoms with Crippen LogP contribution in [-0.4, -0.2) is 24.7 Å². The number of hydrogen-bond acceptors (Lipinski definition) is 4. The van der Waals surface area contributed by atoms with Gasteiger partial charge in [-0.1, -0.05) is 6.07 Å². The molecule has 0 aromatic heterocycles. The van der Waals surface area contributed by atoms with E-state index in [1.165, 1.54) is 0 Å². The van der Waals surface area contributed by atoms with Crippen LogP contribution in [0.15, 0.2) is 18.2 Å².